The highest BCUT2D eigenvalue weighted by molar-refractivity contribution is 7.14. The van der Waals surface area contributed by atoms with E-state index in [1.54, 1.807) is 18.4 Å². The minimum atomic E-state index is -0.730. The molecule has 2 aromatic rings. The first-order chi connectivity index (χ1) is 13.5. The number of rotatable bonds is 9. The molecule has 0 saturated heterocycles. The Hall–Kier alpha value is -2.76. The van der Waals surface area contributed by atoms with Crippen molar-refractivity contribution in [1.82, 2.24) is 0 Å². The molecule has 0 aliphatic rings. The lowest BCUT2D eigenvalue weighted by Gasteiger charge is -2.14. The number of carbonyl (C=O) groups excluding carboxylic acids is 2. The van der Waals surface area contributed by atoms with Crippen molar-refractivity contribution in [3.05, 3.63) is 39.7 Å². The van der Waals surface area contributed by atoms with Crippen molar-refractivity contribution >= 4 is 39.8 Å². The summed E-state index contributed by atoms with van der Waals surface area (Å²) in [7, 11) is 0. The van der Waals surface area contributed by atoms with Gasteiger partial charge in [-0.3, -0.25) is 4.79 Å². The molecule has 7 nitrogen and oxygen atoms in total. The quantitative estimate of drug-likeness (QED) is 0.606. The zero-order valence-electron chi connectivity index (χ0n) is 15.4. The Morgan fingerprint density at radius 1 is 1.29 bits per heavy atom. The van der Waals surface area contributed by atoms with Crippen LogP contribution in [0.15, 0.2) is 23.6 Å². The molecule has 148 valence electrons. The van der Waals surface area contributed by atoms with Crippen LogP contribution >= 0.6 is 22.9 Å². The first kappa shape index (κ1) is 21.5. The van der Waals surface area contributed by atoms with E-state index in [0.717, 1.165) is 6.42 Å². The minimum Gasteiger partial charge on any atom is -0.490 e. The number of ether oxygens (including phenoxy) is 3. The van der Waals surface area contributed by atoms with Gasteiger partial charge in [0.1, 0.15) is 11.1 Å². The molecule has 1 aromatic carbocycles. The lowest BCUT2D eigenvalue weighted by Crippen LogP contribution is -2.21. The Morgan fingerprint density at radius 2 is 2.07 bits per heavy atom. The summed E-state index contributed by atoms with van der Waals surface area (Å²) in [5.74, 6) is -0.587. The first-order valence-corrected chi connectivity index (χ1v) is 9.79. The number of thiophene rings is 1. The van der Waals surface area contributed by atoms with Crippen LogP contribution in [0, 0.1) is 11.3 Å². The fourth-order valence-electron chi connectivity index (χ4n) is 2.16. The summed E-state index contributed by atoms with van der Waals surface area (Å²) < 4.78 is 16.1. The number of esters is 1. The third-order valence-corrected chi connectivity index (χ3v) is 4.48. The van der Waals surface area contributed by atoms with Crippen molar-refractivity contribution in [3.63, 3.8) is 0 Å². The Bertz CT molecular complexity index is 891. The largest absolute Gasteiger partial charge is 0.490 e. The maximum atomic E-state index is 12.3. The molecule has 0 atom stereocenters. The minimum absolute atomic E-state index is 0.138. The molecule has 0 saturated carbocycles. The summed E-state index contributed by atoms with van der Waals surface area (Å²) in [6.07, 6.45) is 0.790. The molecule has 9 heteroatoms. The normalized spacial score (nSPS) is 10.1. The number of hydrogen-bond donors (Lipinski definition) is 1. The second-order valence-electron chi connectivity index (χ2n) is 5.47. The number of anilines is 1. The number of nitrogens with one attached hydrogen (secondary N) is 1. The van der Waals surface area contributed by atoms with E-state index in [1.807, 2.05) is 13.0 Å². The standard InChI is InChI=1S/C19H19ClN2O5S/c1-3-6-26-17-14(20)8-13(9-15(17)25-4-2)19(24)27-11-16(23)22-18-12(10-21)5-7-28-18/h5,7-9H,3-4,6,11H2,1-2H3,(H,22,23). The van der Waals surface area contributed by atoms with Crippen LogP contribution in [0.2, 0.25) is 5.02 Å². The lowest BCUT2D eigenvalue weighted by atomic mass is 10.2. The maximum Gasteiger partial charge on any atom is 0.338 e. The number of carbonyl (C=O) groups is 2. The number of nitriles is 1. The van der Waals surface area contributed by atoms with Gasteiger partial charge in [-0.25, -0.2) is 4.79 Å². The van der Waals surface area contributed by atoms with E-state index in [-0.39, 0.29) is 10.6 Å². The second kappa shape index (κ2) is 10.5. The summed E-state index contributed by atoms with van der Waals surface area (Å²) in [6, 6.07) is 6.42. The average Bonchev–Trinajstić information content (AvgIpc) is 3.12. The van der Waals surface area contributed by atoms with Gasteiger partial charge in [-0.1, -0.05) is 18.5 Å². The molecular formula is C19H19ClN2O5S. The Kier molecular flexibility index (Phi) is 8.11. The van der Waals surface area contributed by atoms with Crippen LogP contribution in [0.1, 0.15) is 36.2 Å². The monoisotopic (exact) mass is 422 g/mol. The zero-order chi connectivity index (χ0) is 20.5. The van der Waals surface area contributed by atoms with E-state index in [9.17, 15) is 9.59 Å². The van der Waals surface area contributed by atoms with Gasteiger partial charge in [0.25, 0.3) is 5.91 Å². The molecule has 0 unspecified atom stereocenters. The van der Waals surface area contributed by atoms with E-state index in [2.05, 4.69) is 5.32 Å². The SMILES string of the molecule is CCCOc1c(Cl)cc(C(=O)OCC(=O)Nc2sccc2C#N)cc1OCC. The van der Waals surface area contributed by atoms with Gasteiger partial charge < -0.3 is 19.5 Å². The second-order valence-corrected chi connectivity index (χ2v) is 6.79. The summed E-state index contributed by atoms with van der Waals surface area (Å²) in [4.78, 5) is 24.3. The molecular weight excluding hydrogens is 404 g/mol. The molecule has 1 heterocycles. The molecule has 0 fully saturated rings. The molecule has 1 aromatic heterocycles. The van der Waals surface area contributed by atoms with Gasteiger partial charge in [0, 0.05) is 0 Å². The van der Waals surface area contributed by atoms with Crippen LogP contribution in [0.5, 0.6) is 11.5 Å². The van der Waals surface area contributed by atoms with Gasteiger partial charge in [0.05, 0.1) is 29.4 Å². The molecule has 2 rings (SSSR count). The molecule has 0 bridgehead atoms. The third-order valence-electron chi connectivity index (χ3n) is 3.37. The molecule has 1 amide bonds. The topological polar surface area (TPSA) is 97.6 Å². The summed E-state index contributed by atoms with van der Waals surface area (Å²) >= 11 is 7.43. The van der Waals surface area contributed by atoms with E-state index in [4.69, 9.17) is 31.1 Å². The number of halogens is 1. The van der Waals surface area contributed by atoms with Gasteiger partial charge in [0.2, 0.25) is 0 Å². The van der Waals surface area contributed by atoms with Crippen molar-refractivity contribution < 1.29 is 23.8 Å². The summed E-state index contributed by atoms with van der Waals surface area (Å²) in [5, 5.41) is 13.8. The third kappa shape index (κ3) is 5.62. The van der Waals surface area contributed by atoms with Gasteiger partial charge >= 0.3 is 5.97 Å². The van der Waals surface area contributed by atoms with Crippen LogP contribution in [-0.4, -0.2) is 31.7 Å². The Morgan fingerprint density at radius 3 is 2.75 bits per heavy atom. The van der Waals surface area contributed by atoms with Crippen LogP contribution < -0.4 is 14.8 Å². The van der Waals surface area contributed by atoms with Gasteiger partial charge in [-0.05, 0) is 36.9 Å². The molecule has 0 radical (unpaired) electrons. The molecule has 1 N–H and O–H groups in total. The number of hydrogen-bond acceptors (Lipinski definition) is 7. The number of nitrogens with zero attached hydrogens (tertiary/aromatic N) is 1. The maximum absolute atomic E-state index is 12.3. The van der Waals surface area contributed by atoms with Crippen molar-refractivity contribution in [2.24, 2.45) is 0 Å². The van der Waals surface area contributed by atoms with Crippen LogP contribution in [0.25, 0.3) is 0 Å². The van der Waals surface area contributed by atoms with Crippen LogP contribution in [-0.2, 0) is 9.53 Å². The van der Waals surface area contributed by atoms with E-state index < -0.39 is 18.5 Å². The fraction of sp³-hybridized carbons (Fsp3) is 0.316. The van der Waals surface area contributed by atoms with E-state index in [0.29, 0.717) is 35.3 Å². The molecule has 0 aliphatic heterocycles. The van der Waals surface area contributed by atoms with E-state index in [1.165, 1.54) is 23.5 Å². The number of benzene rings is 1. The van der Waals surface area contributed by atoms with E-state index >= 15 is 0 Å². The van der Waals surface area contributed by atoms with Crippen molar-refractivity contribution in [3.8, 4) is 17.6 Å². The highest BCUT2D eigenvalue weighted by Gasteiger charge is 2.18. The predicted molar refractivity (Wildman–Crippen MR) is 106 cm³/mol. The highest BCUT2D eigenvalue weighted by Crippen LogP contribution is 2.37. The van der Waals surface area contributed by atoms with Crippen LogP contribution in [0.4, 0.5) is 5.00 Å². The highest BCUT2D eigenvalue weighted by atomic mass is 35.5. The lowest BCUT2D eigenvalue weighted by molar-refractivity contribution is -0.119. The summed E-state index contributed by atoms with van der Waals surface area (Å²) in [6.45, 7) is 4.07. The molecule has 0 spiro atoms. The molecule has 0 aliphatic carbocycles. The van der Waals surface area contributed by atoms with Gasteiger partial charge in [-0.15, -0.1) is 11.3 Å². The van der Waals surface area contributed by atoms with Crippen molar-refractivity contribution in [2.75, 3.05) is 25.1 Å². The fourth-order valence-corrected chi connectivity index (χ4v) is 3.18. The zero-order valence-corrected chi connectivity index (χ0v) is 17.0. The number of amides is 1. The average molecular weight is 423 g/mol. The summed E-state index contributed by atoms with van der Waals surface area (Å²) in [5.41, 5.74) is 0.486. The molecule has 28 heavy (non-hydrogen) atoms. The Labute approximate surface area is 171 Å². The van der Waals surface area contributed by atoms with Crippen molar-refractivity contribution in [2.45, 2.75) is 20.3 Å². The predicted octanol–water partition coefficient (Wildman–Crippen LogP) is 4.26. The van der Waals surface area contributed by atoms with Gasteiger partial charge in [-0.2, -0.15) is 5.26 Å². The van der Waals surface area contributed by atoms with Gasteiger partial charge in [0.15, 0.2) is 18.1 Å². The smallest absolute Gasteiger partial charge is 0.338 e. The van der Waals surface area contributed by atoms with Crippen LogP contribution in [0.3, 0.4) is 0 Å². The van der Waals surface area contributed by atoms with Crippen molar-refractivity contribution in [1.29, 1.82) is 5.26 Å². The first-order valence-electron chi connectivity index (χ1n) is 8.53. The Balaban J connectivity index is 2.05.